The van der Waals surface area contributed by atoms with Gasteiger partial charge < -0.3 is 14.8 Å². The molecule has 0 radical (unpaired) electrons. The number of hydrogen-bond donors (Lipinski definition) is 2. The van der Waals surface area contributed by atoms with Crippen molar-refractivity contribution in [3.05, 3.63) is 34.6 Å². The summed E-state index contributed by atoms with van der Waals surface area (Å²) >= 11 is 0. The van der Waals surface area contributed by atoms with Gasteiger partial charge in [0.2, 0.25) is 29.4 Å². The molecule has 0 spiro atoms. The van der Waals surface area contributed by atoms with E-state index in [-0.39, 0.29) is 60.6 Å². The molecule has 0 unspecified atom stereocenters. The van der Waals surface area contributed by atoms with Crippen LogP contribution >= 0.6 is 0 Å². The number of carbonyl (C=O) groups is 3. The molecule has 3 amide bonds. The number of pyridine rings is 1. The topological polar surface area (TPSA) is 138 Å². The molecule has 124 valence electrons. The lowest BCUT2D eigenvalue weighted by Crippen LogP contribution is -2.39. The van der Waals surface area contributed by atoms with Crippen LogP contribution in [0.5, 0.6) is 0 Å². The molecule has 2 N–H and O–H groups in total. The molecule has 0 aromatic carbocycles. The Kier molecular flexibility index (Phi) is 4.18. The van der Waals surface area contributed by atoms with Gasteiger partial charge in [0.1, 0.15) is 6.54 Å². The molecular formula is C14H13N5O5. The van der Waals surface area contributed by atoms with Crippen LogP contribution in [0.25, 0.3) is 11.4 Å². The number of likely N-dealkylation sites (tertiary alicyclic amines) is 1. The summed E-state index contributed by atoms with van der Waals surface area (Å²) in [5.74, 6) is -1.04. The van der Waals surface area contributed by atoms with Crippen LogP contribution in [0.3, 0.4) is 0 Å². The van der Waals surface area contributed by atoms with Crippen molar-refractivity contribution in [2.75, 3.05) is 6.54 Å². The maximum Gasteiger partial charge on any atom is 0.259 e. The normalized spacial score (nSPS) is 14.2. The molecule has 0 saturated carbocycles. The molecule has 3 rings (SSSR count). The van der Waals surface area contributed by atoms with Crippen molar-refractivity contribution in [2.24, 2.45) is 0 Å². The smallest absolute Gasteiger partial charge is 0.259 e. The van der Waals surface area contributed by atoms with Gasteiger partial charge in [0.15, 0.2) is 0 Å². The molecule has 0 atom stereocenters. The van der Waals surface area contributed by atoms with Crippen LogP contribution in [0.1, 0.15) is 18.7 Å². The second-order valence-corrected chi connectivity index (χ2v) is 5.07. The summed E-state index contributed by atoms with van der Waals surface area (Å²) in [5.41, 5.74) is -0.118. The highest BCUT2D eigenvalue weighted by atomic mass is 16.5. The number of imide groups is 1. The molecule has 3 heterocycles. The summed E-state index contributed by atoms with van der Waals surface area (Å²) in [4.78, 5) is 53.7. The molecular weight excluding hydrogens is 318 g/mol. The van der Waals surface area contributed by atoms with E-state index in [4.69, 9.17) is 4.52 Å². The molecule has 24 heavy (non-hydrogen) atoms. The maximum atomic E-state index is 11.8. The number of nitrogens with one attached hydrogen (secondary N) is 2. The Bertz CT molecular complexity index is 839. The first kappa shape index (κ1) is 15.6. The Morgan fingerprint density at radius 3 is 2.75 bits per heavy atom. The van der Waals surface area contributed by atoms with Crippen molar-refractivity contribution in [3.63, 3.8) is 0 Å². The molecule has 1 saturated heterocycles. The highest BCUT2D eigenvalue weighted by molar-refractivity contribution is 6.04. The van der Waals surface area contributed by atoms with Crippen LogP contribution in [0.4, 0.5) is 0 Å². The van der Waals surface area contributed by atoms with E-state index in [0.717, 1.165) is 4.90 Å². The molecule has 10 nitrogen and oxygen atoms in total. The molecule has 2 aromatic rings. The third-order valence-corrected chi connectivity index (χ3v) is 3.42. The van der Waals surface area contributed by atoms with E-state index < -0.39 is 5.91 Å². The monoisotopic (exact) mass is 331 g/mol. The third kappa shape index (κ3) is 3.21. The van der Waals surface area contributed by atoms with Crippen molar-refractivity contribution in [1.29, 1.82) is 0 Å². The fraction of sp³-hybridized carbons (Fsp3) is 0.286. The molecule has 1 aliphatic heterocycles. The van der Waals surface area contributed by atoms with Gasteiger partial charge in [-0.1, -0.05) is 5.16 Å². The molecule has 1 fully saturated rings. The summed E-state index contributed by atoms with van der Waals surface area (Å²) in [6.07, 6.45) is 1.74. The quantitative estimate of drug-likeness (QED) is 0.683. The highest BCUT2D eigenvalue weighted by Crippen LogP contribution is 2.11. The fourth-order valence-corrected chi connectivity index (χ4v) is 2.21. The van der Waals surface area contributed by atoms with Gasteiger partial charge in [-0.2, -0.15) is 4.98 Å². The van der Waals surface area contributed by atoms with E-state index in [0.29, 0.717) is 0 Å². The highest BCUT2D eigenvalue weighted by Gasteiger charge is 2.30. The molecule has 0 bridgehead atoms. The van der Waals surface area contributed by atoms with E-state index in [1.165, 1.54) is 12.3 Å². The summed E-state index contributed by atoms with van der Waals surface area (Å²) in [7, 11) is 0. The first-order chi connectivity index (χ1) is 11.5. The van der Waals surface area contributed by atoms with Crippen molar-refractivity contribution < 1.29 is 18.9 Å². The number of amides is 3. The second kappa shape index (κ2) is 6.44. The first-order valence-electron chi connectivity index (χ1n) is 7.15. The Balaban J connectivity index is 1.59. The number of aromatic nitrogens is 3. The zero-order valence-electron chi connectivity index (χ0n) is 12.4. The van der Waals surface area contributed by atoms with Gasteiger partial charge in [0, 0.05) is 19.0 Å². The summed E-state index contributed by atoms with van der Waals surface area (Å²) in [6.45, 7) is -0.413. The van der Waals surface area contributed by atoms with Crippen LogP contribution in [-0.4, -0.2) is 44.3 Å². The molecule has 0 aliphatic carbocycles. The zero-order valence-corrected chi connectivity index (χ0v) is 12.4. The summed E-state index contributed by atoms with van der Waals surface area (Å²) in [5, 5.41) is 6.16. The van der Waals surface area contributed by atoms with Gasteiger partial charge in [-0.3, -0.25) is 24.1 Å². The van der Waals surface area contributed by atoms with E-state index in [1.54, 1.807) is 6.07 Å². The van der Waals surface area contributed by atoms with Gasteiger partial charge in [-0.25, -0.2) is 0 Å². The number of hydrogen-bond acceptors (Lipinski definition) is 7. The molecule has 1 aliphatic rings. The van der Waals surface area contributed by atoms with E-state index in [9.17, 15) is 19.2 Å². The van der Waals surface area contributed by atoms with E-state index >= 15 is 0 Å². The average Bonchev–Trinajstić information content (AvgIpc) is 3.15. The number of rotatable bonds is 5. The third-order valence-electron chi connectivity index (χ3n) is 3.42. The Hall–Kier alpha value is -3.30. The number of carbonyl (C=O) groups excluding carboxylic acids is 3. The number of H-pyrrole nitrogens is 1. The van der Waals surface area contributed by atoms with E-state index in [2.05, 4.69) is 20.4 Å². The predicted octanol–water partition coefficient (Wildman–Crippen LogP) is -0.810. The van der Waals surface area contributed by atoms with Crippen molar-refractivity contribution in [3.8, 4) is 11.4 Å². The fourth-order valence-electron chi connectivity index (χ4n) is 2.21. The lowest BCUT2D eigenvalue weighted by atomic mass is 10.3. The number of nitrogens with zero attached hydrogens (tertiary/aromatic N) is 3. The van der Waals surface area contributed by atoms with Gasteiger partial charge in [0.05, 0.1) is 12.1 Å². The minimum Gasteiger partial charge on any atom is -0.345 e. The zero-order chi connectivity index (χ0) is 17.1. The van der Waals surface area contributed by atoms with Crippen LogP contribution < -0.4 is 10.9 Å². The van der Waals surface area contributed by atoms with Gasteiger partial charge in [0.25, 0.3) is 5.56 Å². The van der Waals surface area contributed by atoms with Crippen LogP contribution in [0.15, 0.2) is 27.6 Å². The van der Waals surface area contributed by atoms with E-state index in [1.807, 2.05) is 0 Å². The van der Waals surface area contributed by atoms with Gasteiger partial charge >= 0.3 is 0 Å². The van der Waals surface area contributed by atoms with Gasteiger partial charge in [-0.05, 0) is 12.1 Å². The standard InChI is InChI=1S/C14H13N5O5/c20-9(7-19-11(21)3-4-12(19)22)16-6-10-17-13(18-24-10)8-2-1-5-15-14(8)23/h1-2,5H,3-4,6-7H2,(H,15,23)(H,16,20). The maximum absolute atomic E-state index is 11.8. The van der Waals surface area contributed by atoms with Gasteiger partial charge in [-0.15, -0.1) is 0 Å². The SMILES string of the molecule is O=C(CN1C(=O)CCC1=O)NCc1nc(-c2ccc[nH]c2=O)no1. The van der Waals surface area contributed by atoms with Crippen molar-refractivity contribution >= 4 is 17.7 Å². The minimum atomic E-state index is -0.518. The lowest BCUT2D eigenvalue weighted by molar-refractivity contribution is -0.142. The first-order valence-corrected chi connectivity index (χ1v) is 7.15. The predicted molar refractivity (Wildman–Crippen MR) is 78.2 cm³/mol. The van der Waals surface area contributed by atoms with Crippen molar-refractivity contribution in [1.82, 2.24) is 25.3 Å². The Morgan fingerprint density at radius 1 is 1.29 bits per heavy atom. The van der Waals surface area contributed by atoms with Crippen LogP contribution in [0, 0.1) is 0 Å². The lowest BCUT2D eigenvalue weighted by Gasteiger charge is -2.12. The number of aromatic amines is 1. The Morgan fingerprint density at radius 2 is 2.04 bits per heavy atom. The second-order valence-electron chi connectivity index (χ2n) is 5.07. The minimum absolute atomic E-state index is 0.0766. The summed E-state index contributed by atoms with van der Waals surface area (Å²) < 4.78 is 4.96. The van der Waals surface area contributed by atoms with Crippen molar-refractivity contribution in [2.45, 2.75) is 19.4 Å². The average molecular weight is 331 g/mol. The Labute approximate surface area is 134 Å². The van der Waals surface area contributed by atoms with Crippen LogP contribution in [-0.2, 0) is 20.9 Å². The molecule has 10 heteroatoms. The largest absolute Gasteiger partial charge is 0.345 e. The molecule has 2 aromatic heterocycles. The van der Waals surface area contributed by atoms with Crippen LogP contribution in [0.2, 0.25) is 0 Å². The summed E-state index contributed by atoms with van der Waals surface area (Å²) in [6, 6.07) is 3.16.